The van der Waals surface area contributed by atoms with E-state index in [9.17, 15) is 9.90 Å². The van der Waals surface area contributed by atoms with Crippen LogP contribution >= 0.6 is 23.2 Å². The van der Waals surface area contributed by atoms with Gasteiger partial charge in [0.15, 0.2) is 0 Å². The van der Waals surface area contributed by atoms with Crippen LogP contribution in [-0.2, 0) is 0 Å². The predicted molar refractivity (Wildman–Crippen MR) is 98.5 cm³/mol. The molecule has 1 fully saturated rings. The zero-order chi connectivity index (χ0) is 18.0. The largest absolute Gasteiger partial charge is 0.487 e. The van der Waals surface area contributed by atoms with E-state index in [1.54, 1.807) is 60.4 Å². The van der Waals surface area contributed by atoms with Crippen LogP contribution in [0.3, 0.4) is 0 Å². The lowest BCUT2D eigenvalue weighted by Crippen LogP contribution is -2.58. The third-order valence-electron chi connectivity index (χ3n) is 4.32. The maximum atomic E-state index is 12.6. The minimum absolute atomic E-state index is 0.127. The van der Waals surface area contributed by atoms with Crippen molar-refractivity contribution in [3.63, 3.8) is 0 Å². The maximum absolute atomic E-state index is 12.6. The summed E-state index contributed by atoms with van der Waals surface area (Å²) in [5.74, 6) is 0.480. The number of nitrogens with zero attached hydrogens (tertiary/aromatic N) is 1. The van der Waals surface area contributed by atoms with E-state index in [1.165, 1.54) is 0 Å². The number of rotatable bonds is 3. The molecule has 3 rings (SSSR count). The second kappa shape index (κ2) is 7.24. The average molecular weight is 380 g/mol. The van der Waals surface area contributed by atoms with Gasteiger partial charge in [-0.05, 0) is 49.4 Å². The summed E-state index contributed by atoms with van der Waals surface area (Å²) in [6, 6.07) is 13.8. The Labute approximate surface area is 156 Å². The molecule has 0 saturated carbocycles. The summed E-state index contributed by atoms with van der Waals surface area (Å²) in [5.41, 5.74) is -0.614. The highest BCUT2D eigenvalue weighted by Gasteiger charge is 2.41. The van der Waals surface area contributed by atoms with E-state index >= 15 is 0 Å². The molecule has 2 aromatic carbocycles. The lowest BCUT2D eigenvalue weighted by Gasteiger charge is -2.42. The van der Waals surface area contributed by atoms with Crippen LogP contribution in [-0.4, -0.2) is 40.7 Å². The van der Waals surface area contributed by atoms with E-state index in [-0.39, 0.29) is 12.5 Å². The van der Waals surface area contributed by atoms with Gasteiger partial charge in [0.25, 0.3) is 5.91 Å². The molecule has 0 radical (unpaired) electrons. The quantitative estimate of drug-likeness (QED) is 0.875. The standard InChI is InChI=1S/C19H19Cl2NO3/c1-19(24)12-22(18(23)13-5-7-14(20)8-6-13)10-9-17(19)25-16-4-2-3-15(21)11-16/h2-8,11,17,24H,9-10,12H2,1H3/t17-,19-/m0/s1. The molecule has 132 valence electrons. The van der Waals surface area contributed by atoms with Gasteiger partial charge in [0.1, 0.15) is 17.5 Å². The smallest absolute Gasteiger partial charge is 0.253 e. The first-order valence-corrected chi connectivity index (χ1v) is 8.80. The van der Waals surface area contributed by atoms with Gasteiger partial charge in [0.05, 0.1) is 6.54 Å². The maximum Gasteiger partial charge on any atom is 0.253 e. The second-order valence-electron chi connectivity index (χ2n) is 6.44. The summed E-state index contributed by atoms with van der Waals surface area (Å²) in [7, 11) is 0. The van der Waals surface area contributed by atoms with Gasteiger partial charge >= 0.3 is 0 Å². The van der Waals surface area contributed by atoms with Gasteiger partial charge in [0.2, 0.25) is 0 Å². The molecule has 1 heterocycles. The van der Waals surface area contributed by atoms with Crippen LogP contribution in [0.2, 0.25) is 10.0 Å². The molecular formula is C19H19Cl2NO3. The number of carbonyl (C=O) groups excluding carboxylic acids is 1. The van der Waals surface area contributed by atoms with Crippen molar-refractivity contribution in [2.45, 2.75) is 25.0 Å². The molecule has 6 heteroatoms. The van der Waals surface area contributed by atoms with Gasteiger partial charge in [-0.2, -0.15) is 0 Å². The van der Waals surface area contributed by atoms with Crippen LogP contribution in [0.5, 0.6) is 5.75 Å². The molecule has 2 atom stereocenters. The summed E-state index contributed by atoms with van der Waals surface area (Å²) in [6.07, 6.45) is 0.110. The molecule has 0 bridgehead atoms. The zero-order valence-corrected chi connectivity index (χ0v) is 15.3. The highest BCUT2D eigenvalue weighted by atomic mass is 35.5. The average Bonchev–Trinajstić information content (AvgIpc) is 2.56. The number of likely N-dealkylation sites (tertiary alicyclic amines) is 1. The molecule has 4 nitrogen and oxygen atoms in total. The summed E-state index contributed by atoms with van der Waals surface area (Å²) in [6.45, 7) is 2.38. The number of halogens is 2. The van der Waals surface area contributed by atoms with Gasteiger partial charge in [0, 0.05) is 28.6 Å². The summed E-state index contributed by atoms with van der Waals surface area (Å²) < 4.78 is 5.91. The number of aliphatic hydroxyl groups is 1. The lowest BCUT2D eigenvalue weighted by atomic mass is 9.91. The number of β-amino-alcohol motifs (C(OH)–C–C–N with tert-alkyl or cyclic N) is 1. The van der Waals surface area contributed by atoms with E-state index < -0.39 is 11.7 Å². The number of hydrogen-bond acceptors (Lipinski definition) is 3. The van der Waals surface area contributed by atoms with Crippen LogP contribution in [0, 0.1) is 0 Å². The van der Waals surface area contributed by atoms with E-state index in [4.69, 9.17) is 27.9 Å². The molecule has 0 spiro atoms. The van der Waals surface area contributed by atoms with Gasteiger partial charge in [-0.25, -0.2) is 0 Å². The van der Waals surface area contributed by atoms with Crippen molar-refractivity contribution in [2.75, 3.05) is 13.1 Å². The van der Waals surface area contributed by atoms with Gasteiger partial charge in [-0.1, -0.05) is 29.3 Å². The van der Waals surface area contributed by atoms with Crippen LogP contribution in [0.1, 0.15) is 23.7 Å². The number of amides is 1. The van der Waals surface area contributed by atoms with E-state index in [1.807, 2.05) is 0 Å². The van der Waals surface area contributed by atoms with Gasteiger partial charge < -0.3 is 14.7 Å². The second-order valence-corrected chi connectivity index (χ2v) is 7.32. The van der Waals surface area contributed by atoms with Crippen LogP contribution in [0.4, 0.5) is 0 Å². The molecule has 0 aliphatic carbocycles. The molecule has 1 aliphatic heterocycles. The highest BCUT2D eigenvalue weighted by Crippen LogP contribution is 2.28. The minimum atomic E-state index is -1.16. The Morgan fingerprint density at radius 2 is 1.92 bits per heavy atom. The number of ether oxygens (including phenoxy) is 1. The summed E-state index contributed by atoms with van der Waals surface area (Å²) in [5, 5.41) is 12.0. The fraction of sp³-hybridized carbons (Fsp3) is 0.316. The first kappa shape index (κ1) is 18.1. The fourth-order valence-corrected chi connectivity index (χ4v) is 3.30. The third-order valence-corrected chi connectivity index (χ3v) is 4.81. The monoisotopic (exact) mass is 379 g/mol. The summed E-state index contributed by atoms with van der Waals surface area (Å²) in [4.78, 5) is 14.3. The van der Waals surface area contributed by atoms with Crippen molar-refractivity contribution in [2.24, 2.45) is 0 Å². The normalized spacial score (nSPS) is 23.4. The zero-order valence-electron chi connectivity index (χ0n) is 13.8. The molecule has 2 aromatic rings. The molecule has 0 aromatic heterocycles. The number of benzene rings is 2. The van der Waals surface area contributed by atoms with E-state index in [0.717, 1.165) is 0 Å². The Balaban J connectivity index is 1.69. The lowest BCUT2D eigenvalue weighted by molar-refractivity contribution is -0.0899. The predicted octanol–water partition coefficient (Wildman–Crippen LogP) is 4.04. The molecule has 25 heavy (non-hydrogen) atoms. The minimum Gasteiger partial charge on any atom is -0.487 e. The van der Waals surface area contributed by atoms with Crippen molar-refractivity contribution in [3.8, 4) is 5.75 Å². The fourth-order valence-electron chi connectivity index (χ4n) is 2.99. The van der Waals surface area contributed by atoms with Gasteiger partial charge in [-0.15, -0.1) is 0 Å². The Morgan fingerprint density at radius 1 is 1.20 bits per heavy atom. The van der Waals surface area contributed by atoms with Crippen molar-refractivity contribution in [3.05, 3.63) is 64.1 Å². The first-order chi connectivity index (χ1) is 11.8. The molecular weight excluding hydrogens is 361 g/mol. The van der Waals surface area contributed by atoms with Crippen LogP contribution in [0.15, 0.2) is 48.5 Å². The summed E-state index contributed by atoms with van der Waals surface area (Å²) >= 11 is 11.8. The van der Waals surface area contributed by atoms with Crippen molar-refractivity contribution in [1.82, 2.24) is 4.90 Å². The Kier molecular flexibility index (Phi) is 5.23. The topological polar surface area (TPSA) is 49.8 Å². The van der Waals surface area contributed by atoms with Crippen LogP contribution < -0.4 is 4.74 Å². The Morgan fingerprint density at radius 3 is 2.56 bits per heavy atom. The van der Waals surface area contributed by atoms with Crippen molar-refractivity contribution in [1.29, 1.82) is 0 Å². The van der Waals surface area contributed by atoms with Gasteiger partial charge in [-0.3, -0.25) is 4.79 Å². The van der Waals surface area contributed by atoms with E-state index in [0.29, 0.717) is 34.3 Å². The first-order valence-electron chi connectivity index (χ1n) is 8.04. The highest BCUT2D eigenvalue weighted by molar-refractivity contribution is 6.31. The SMILES string of the molecule is C[C@]1(O)CN(C(=O)c2ccc(Cl)cc2)CC[C@@H]1Oc1cccc(Cl)c1. The Bertz CT molecular complexity index is 762. The molecule has 1 saturated heterocycles. The van der Waals surface area contributed by atoms with E-state index in [2.05, 4.69) is 0 Å². The number of carbonyl (C=O) groups is 1. The third kappa shape index (κ3) is 4.27. The van der Waals surface area contributed by atoms with Crippen molar-refractivity contribution >= 4 is 29.1 Å². The molecule has 1 aliphatic rings. The van der Waals surface area contributed by atoms with Crippen molar-refractivity contribution < 1.29 is 14.6 Å². The number of hydrogen-bond donors (Lipinski definition) is 1. The molecule has 1 N–H and O–H groups in total. The molecule has 1 amide bonds. The number of piperidine rings is 1. The molecule has 0 unspecified atom stereocenters. The van der Waals surface area contributed by atoms with Crippen LogP contribution in [0.25, 0.3) is 0 Å². The Hall–Kier alpha value is -1.75.